The Balaban J connectivity index is 2.42. The van der Waals surface area contributed by atoms with E-state index in [0.717, 1.165) is 11.3 Å². The molecule has 98 valence electrons. The van der Waals surface area contributed by atoms with Gasteiger partial charge in [0.25, 0.3) is 5.91 Å². The minimum atomic E-state index is -3.63. The molecule has 1 aromatic rings. The van der Waals surface area contributed by atoms with Crippen molar-refractivity contribution in [1.82, 2.24) is 5.32 Å². The molecule has 0 aliphatic carbocycles. The van der Waals surface area contributed by atoms with Crippen molar-refractivity contribution >= 4 is 21.6 Å². The fourth-order valence-electron chi connectivity index (χ4n) is 2.17. The van der Waals surface area contributed by atoms with Gasteiger partial charge in [0.1, 0.15) is 5.37 Å². The Labute approximate surface area is 106 Å². The van der Waals surface area contributed by atoms with E-state index in [1.54, 1.807) is 37.2 Å². The fourth-order valence-corrected chi connectivity index (χ4v) is 3.13. The summed E-state index contributed by atoms with van der Waals surface area (Å²) in [7, 11) is -0.423. The van der Waals surface area contributed by atoms with Gasteiger partial charge in [-0.1, -0.05) is 6.07 Å². The summed E-state index contributed by atoms with van der Waals surface area (Å²) in [6, 6.07) is 5.12. The van der Waals surface area contributed by atoms with E-state index in [1.807, 2.05) is 0 Å². The van der Waals surface area contributed by atoms with Crippen LogP contribution in [0.4, 0.5) is 5.69 Å². The van der Waals surface area contributed by atoms with E-state index in [9.17, 15) is 13.2 Å². The molecule has 1 aliphatic heterocycles. The molecule has 7 heteroatoms. The van der Waals surface area contributed by atoms with Crippen molar-refractivity contribution in [3.8, 4) is 0 Å². The van der Waals surface area contributed by atoms with E-state index in [4.69, 9.17) is 5.14 Å². The molecule has 1 aliphatic rings. The summed E-state index contributed by atoms with van der Waals surface area (Å²) in [5, 5.41) is 6.96. The van der Waals surface area contributed by atoms with Gasteiger partial charge in [-0.15, -0.1) is 0 Å². The minimum absolute atomic E-state index is 0.203. The number of hydrogen-bond donors (Lipinski definition) is 2. The van der Waals surface area contributed by atoms with Gasteiger partial charge in [-0.25, -0.2) is 13.6 Å². The quantitative estimate of drug-likeness (QED) is 0.767. The number of carbonyl (C=O) groups excluding carboxylic acids is 1. The summed E-state index contributed by atoms with van der Waals surface area (Å²) in [6.07, 6.45) is 0.346. The molecule has 0 fully saturated rings. The lowest BCUT2D eigenvalue weighted by atomic mass is 10.1. The monoisotopic (exact) mass is 269 g/mol. The predicted molar refractivity (Wildman–Crippen MR) is 68.8 cm³/mol. The third-order valence-electron chi connectivity index (χ3n) is 3.16. The second kappa shape index (κ2) is 4.25. The number of sulfonamides is 1. The summed E-state index contributed by atoms with van der Waals surface area (Å²) >= 11 is 0. The largest absolute Gasteiger partial charge is 0.356 e. The van der Waals surface area contributed by atoms with Crippen LogP contribution in [0.25, 0.3) is 0 Å². The molecule has 18 heavy (non-hydrogen) atoms. The molecule has 0 radical (unpaired) electrons. The number of nitrogens with one attached hydrogen (secondary N) is 1. The van der Waals surface area contributed by atoms with E-state index < -0.39 is 15.4 Å². The Bertz CT molecular complexity index is 598. The van der Waals surface area contributed by atoms with Gasteiger partial charge in [-0.2, -0.15) is 0 Å². The number of carbonyl (C=O) groups is 1. The molecule has 3 N–H and O–H groups in total. The zero-order chi connectivity index (χ0) is 13.5. The first-order chi connectivity index (χ1) is 8.34. The highest BCUT2D eigenvalue weighted by atomic mass is 32.2. The number of hydrogen-bond acceptors (Lipinski definition) is 4. The lowest BCUT2D eigenvalue weighted by molar-refractivity contribution is 0.0963. The van der Waals surface area contributed by atoms with Crippen molar-refractivity contribution in [3.63, 3.8) is 0 Å². The van der Waals surface area contributed by atoms with E-state index in [1.165, 1.54) is 0 Å². The van der Waals surface area contributed by atoms with Crippen molar-refractivity contribution in [1.29, 1.82) is 0 Å². The number of amides is 1. The molecule has 6 nitrogen and oxygen atoms in total. The van der Waals surface area contributed by atoms with Crippen LogP contribution in [0.3, 0.4) is 0 Å². The number of nitrogens with zero attached hydrogens (tertiary/aromatic N) is 1. The van der Waals surface area contributed by atoms with E-state index in [-0.39, 0.29) is 5.91 Å². The van der Waals surface area contributed by atoms with Crippen LogP contribution in [0.15, 0.2) is 18.2 Å². The van der Waals surface area contributed by atoms with Crippen LogP contribution in [0.1, 0.15) is 15.9 Å². The third-order valence-corrected chi connectivity index (χ3v) is 4.40. The van der Waals surface area contributed by atoms with Gasteiger partial charge in [0.05, 0.1) is 0 Å². The molecule has 1 atom stereocenters. The standard InChI is InChI=1S/C11H15N3O3S/c1-13-11(15)8-4-3-7-6-10(18(12,16)17)14(2)9(7)5-8/h3-5,10H,6H2,1-2H3,(H,13,15)(H2,12,16,17). The van der Waals surface area contributed by atoms with Crippen molar-refractivity contribution in [3.05, 3.63) is 29.3 Å². The Morgan fingerprint density at radius 3 is 2.72 bits per heavy atom. The lowest BCUT2D eigenvalue weighted by Gasteiger charge is -2.20. The molecule has 1 heterocycles. The zero-order valence-electron chi connectivity index (χ0n) is 10.2. The smallest absolute Gasteiger partial charge is 0.251 e. The van der Waals surface area contributed by atoms with E-state index >= 15 is 0 Å². The Morgan fingerprint density at radius 1 is 1.50 bits per heavy atom. The molecule has 0 saturated carbocycles. The molecule has 0 saturated heterocycles. The Kier molecular flexibility index (Phi) is 3.04. The number of fused-ring (bicyclic) bond motifs is 1. The maximum absolute atomic E-state index is 11.5. The zero-order valence-corrected chi connectivity index (χ0v) is 11.0. The highest BCUT2D eigenvalue weighted by molar-refractivity contribution is 7.89. The van der Waals surface area contributed by atoms with E-state index in [0.29, 0.717) is 12.0 Å². The van der Waals surface area contributed by atoms with Gasteiger partial charge >= 0.3 is 0 Å². The van der Waals surface area contributed by atoms with Crippen LogP contribution >= 0.6 is 0 Å². The minimum Gasteiger partial charge on any atom is -0.356 e. The van der Waals surface area contributed by atoms with Crippen molar-refractivity contribution in [2.45, 2.75) is 11.8 Å². The van der Waals surface area contributed by atoms with Crippen molar-refractivity contribution in [2.75, 3.05) is 19.0 Å². The Hall–Kier alpha value is -1.60. The molecule has 0 aromatic heterocycles. The number of rotatable bonds is 2. The number of anilines is 1. The molecule has 2 rings (SSSR count). The van der Waals surface area contributed by atoms with Gasteiger partial charge in [0.15, 0.2) is 0 Å². The van der Waals surface area contributed by atoms with Crippen LogP contribution in [-0.2, 0) is 16.4 Å². The van der Waals surface area contributed by atoms with Crippen molar-refractivity contribution in [2.24, 2.45) is 5.14 Å². The van der Waals surface area contributed by atoms with Crippen molar-refractivity contribution < 1.29 is 13.2 Å². The molecule has 0 bridgehead atoms. The SMILES string of the molecule is CNC(=O)c1ccc2c(c1)N(C)C(S(N)(=O)=O)C2. The molecule has 1 amide bonds. The van der Waals surface area contributed by atoms with Gasteiger partial charge in [0, 0.05) is 31.8 Å². The van der Waals surface area contributed by atoms with Crippen LogP contribution in [-0.4, -0.2) is 33.8 Å². The molecule has 1 unspecified atom stereocenters. The predicted octanol–water partition coefficient (Wildman–Crippen LogP) is -0.347. The summed E-state index contributed by atoms with van der Waals surface area (Å²) in [5.41, 5.74) is 2.11. The number of likely N-dealkylation sites (N-methyl/N-ethyl adjacent to an activating group) is 1. The summed E-state index contributed by atoms with van der Waals surface area (Å²) in [6.45, 7) is 0. The van der Waals surface area contributed by atoms with Gasteiger partial charge in [0.2, 0.25) is 10.0 Å². The summed E-state index contributed by atoms with van der Waals surface area (Å²) < 4.78 is 22.9. The van der Waals surface area contributed by atoms with Crippen LogP contribution in [0.2, 0.25) is 0 Å². The first kappa shape index (κ1) is 12.8. The van der Waals surface area contributed by atoms with Gasteiger partial charge in [-0.3, -0.25) is 4.79 Å². The first-order valence-corrected chi connectivity index (χ1v) is 7.05. The summed E-state index contributed by atoms with van der Waals surface area (Å²) in [4.78, 5) is 13.1. The number of nitrogens with two attached hydrogens (primary N) is 1. The number of primary sulfonamides is 1. The van der Waals surface area contributed by atoms with Gasteiger partial charge < -0.3 is 10.2 Å². The van der Waals surface area contributed by atoms with Crippen LogP contribution in [0, 0.1) is 0 Å². The number of benzene rings is 1. The average molecular weight is 269 g/mol. The van der Waals surface area contributed by atoms with Gasteiger partial charge in [-0.05, 0) is 17.7 Å². The van der Waals surface area contributed by atoms with Crippen LogP contribution < -0.4 is 15.4 Å². The second-order valence-electron chi connectivity index (χ2n) is 4.28. The molecular formula is C11H15N3O3S. The molecular weight excluding hydrogens is 254 g/mol. The highest BCUT2D eigenvalue weighted by Gasteiger charge is 2.34. The average Bonchev–Trinajstić information content (AvgIpc) is 2.65. The first-order valence-electron chi connectivity index (χ1n) is 5.44. The maximum Gasteiger partial charge on any atom is 0.251 e. The topological polar surface area (TPSA) is 92.5 Å². The third kappa shape index (κ3) is 2.06. The maximum atomic E-state index is 11.5. The van der Waals surface area contributed by atoms with Crippen LogP contribution in [0.5, 0.6) is 0 Å². The van der Waals surface area contributed by atoms with E-state index in [2.05, 4.69) is 5.32 Å². The summed E-state index contributed by atoms with van der Waals surface area (Å²) in [5.74, 6) is -0.203. The normalized spacial score (nSPS) is 18.6. The highest BCUT2D eigenvalue weighted by Crippen LogP contribution is 2.33. The fraction of sp³-hybridized carbons (Fsp3) is 0.364. The second-order valence-corrected chi connectivity index (χ2v) is 6.00. The Morgan fingerprint density at radius 2 is 2.17 bits per heavy atom. The molecule has 1 aromatic carbocycles. The molecule has 0 spiro atoms. The lowest BCUT2D eigenvalue weighted by Crippen LogP contribution is -2.40.